The van der Waals surface area contributed by atoms with Gasteiger partial charge in [-0.25, -0.2) is 0 Å². The number of thioether (sulfide) groups is 1. The molecule has 0 unspecified atom stereocenters. The smallest absolute Gasteiger partial charge is 0.0819 e. The van der Waals surface area contributed by atoms with Gasteiger partial charge in [0, 0.05) is 18.7 Å². The molecule has 0 spiro atoms. The van der Waals surface area contributed by atoms with Crippen molar-refractivity contribution in [2.75, 3.05) is 12.3 Å². The molecular weight excluding hydrogens is 138 g/mol. The number of hydrogen-bond donors (Lipinski definition) is 0. The van der Waals surface area contributed by atoms with Crippen LogP contribution in [-0.4, -0.2) is 27.6 Å². The third-order valence-electron chi connectivity index (χ3n) is 1.66. The van der Waals surface area contributed by atoms with E-state index in [0.29, 0.717) is 0 Å². The Balaban J connectivity index is 2.11. The fourth-order valence-corrected chi connectivity index (χ4v) is 2.94. The van der Waals surface area contributed by atoms with Crippen LogP contribution < -0.4 is 0 Å². The van der Waals surface area contributed by atoms with E-state index in [-0.39, 0.29) is 0 Å². The van der Waals surface area contributed by atoms with Crippen molar-refractivity contribution in [1.82, 2.24) is 4.90 Å². The Morgan fingerprint density at radius 3 is 3.12 bits per heavy atom. The monoisotopic (exact) mass is 145 g/mol. The molecule has 0 amide bonds. The van der Waals surface area contributed by atoms with Crippen molar-refractivity contribution in [3.8, 4) is 0 Å². The molecule has 8 heavy (non-hydrogen) atoms. The van der Waals surface area contributed by atoms with E-state index in [4.69, 9.17) is 12.2 Å². The van der Waals surface area contributed by atoms with Gasteiger partial charge in [0.25, 0.3) is 0 Å². The second-order valence-electron chi connectivity index (χ2n) is 2.12. The third-order valence-corrected chi connectivity index (χ3v) is 3.29. The van der Waals surface area contributed by atoms with Crippen LogP contribution in [0.2, 0.25) is 0 Å². The molecule has 2 saturated heterocycles. The van der Waals surface area contributed by atoms with Crippen LogP contribution in [0.25, 0.3) is 0 Å². The number of rotatable bonds is 0. The quantitative estimate of drug-likeness (QED) is 0.470. The summed E-state index contributed by atoms with van der Waals surface area (Å²) in [5.74, 6) is 1.28. The predicted molar refractivity (Wildman–Crippen MR) is 40.2 cm³/mol. The van der Waals surface area contributed by atoms with E-state index >= 15 is 0 Å². The van der Waals surface area contributed by atoms with E-state index in [1.165, 1.54) is 23.7 Å². The van der Waals surface area contributed by atoms with E-state index in [1.807, 2.05) is 11.8 Å². The van der Waals surface area contributed by atoms with Crippen molar-refractivity contribution in [3.63, 3.8) is 0 Å². The van der Waals surface area contributed by atoms with E-state index in [2.05, 4.69) is 4.90 Å². The van der Waals surface area contributed by atoms with Gasteiger partial charge >= 0.3 is 0 Å². The molecule has 2 fully saturated rings. The molecule has 0 aromatic heterocycles. The molecule has 1 atom stereocenters. The summed E-state index contributed by atoms with van der Waals surface area (Å²) in [6.07, 6.45) is 1.17. The van der Waals surface area contributed by atoms with Gasteiger partial charge in [0.1, 0.15) is 0 Å². The second kappa shape index (κ2) is 1.61. The van der Waals surface area contributed by atoms with E-state index in [1.54, 1.807) is 0 Å². The first-order valence-electron chi connectivity index (χ1n) is 2.79. The van der Waals surface area contributed by atoms with Gasteiger partial charge in [-0.3, -0.25) is 0 Å². The lowest BCUT2D eigenvalue weighted by Gasteiger charge is -2.36. The fraction of sp³-hybridized carbons (Fsp3) is 0.800. The van der Waals surface area contributed by atoms with Crippen LogP contribution in [0.3, 0.4) is 0 Å². The van der Waals surface area contributed by atoms with Crippen LogP contribution in [-0.2, 0) is 0 Å². The van der Waals surface area contributed by atoms with Gasteiger partial charge in [0.2, 0.25) is 0 Å². The zero-order chi connectivity index (χ0) is 5.56. The van der Waals surface area contributed by atoms with Gasteiger partial charge in [0.05, 0.1) is 10.4 Å². The minimum Gasteiger partial charge on any atom is -0.353 e. The van der Waals surface area contributed by atoms with Gasteiger partial charge in [-0.1, -0.05) is 12.2 Å². The predicted octanol–water partition coefficient (Wildman–Crippen LogP) is 1.09. The maximum atomic E-state index is 5.03. The summed E-state index contributed by atoms with van der Waals surface area (Å²) in [5.41, 5.74) is 0. The summed E-state index contributed by atoms with van der Waals surface area (Å²) in [6.45, 7) is 1.20. The third kappa shape index (κ3) is 0.515. The molecule has 0 saturated carbocycles. The maximum Gasteiger partial charge on any atom is 0.0819 e. The minimum absolute atomic E-state index is 0.780. The van der Waals surface area contributed by atoms with Crippen molar-refractivity contribution in [1.29, 1.82) is 0 Å². The lowest BCUT2D eigenvalue weighted by molar-refractivity contribution is 0.379. The van der Waals surface area contributed by atoms with E-state index in [9.17, 15) is 0 Å². The molecule has 44 valence electrons. The summed E-state index contributed by atoms with van der Waals surface area (Å²) in [4.78, 5) is 3.50. The molecule has 0 aromatic rings. The highest BCUT2D eigenvalue weighted by Gasteiger charge is 2.36. The Kier molecular flexibility index (Phi) is 1.02. The van der Waals surface area contributed by atoms with Crippen molar-refractivity contribution in [2.45, 2.75) is 11.8 Å². The molecule has 2 rings (SSSR count). The molecular formula is C5H7NS2. The first-order chi connectivity index (χ1) is 3.88. The molecule has 0 aromatic carbocycles. The highest BCUT2D eigenvalue weighted by atomic mass is 32.2. The lowest BCUT2D eigenvalue weighted by atomic mass is 10.2. The van der Waals surface area contributed by atoms with Crippen LogP contribution in [0.15, 0.2) is 0 Å². The normalized spacial score (nSPS) is 34.8. The summed E-state index contributed by atoms with van der Waals surface area (Å²) in [6, 6.07) is 0. The SMILES string of the molecule is S=C1C[C@@H]2SCCN12. The number of thiocarbonyl (C=S) groups is 1. The average molecular weight is 145 g/mol. The first-order valence-corrected chi connectivity index (χ1v) is 4.25. The van der Waals surface area contributed by atoms with E-state index in [0.717, 1.165) is 5.37 Å². The Hall–Kier alpha value is 0.240. The zero-order valence-electron chi connectivity index (χ0n) is 4.46. The molecule has 0 bridgehead atoms. The van der Waals surface area contributed by atoms with Crippen LogP contribution in [0.5, 0.6) is 0 Å². The molecule has 0 radical (unpaired) electrons. The molecule has 1 nitrogen and oxygen atoms in total. The lowest BCUT2D eigenvalue weighted by Crippen LogP contribution is -2.45. The molecule has 2 heterocycles. The summed E-state index contributed by atoms with van der Waals surface area (Å²) < 4.78 is 0. The molecule has 2 aliphatic heterocycles. The van der Waals surface area contributed by atoms with Gasteiger partial charge in [-0.2, -0.15) is 0 Å². The number of nitrogens with zero attached hydrogens (tertiary/aromatic N) is 1. The van der Waals surface area contributed by atoms with Crippen LogP contribution >= 0.6 is 24.0 Å². The highest BCUT2D eigenvalue weighted by Crippen LogP contribution is 2.35. The standard InChI is InChI=1S/C5H7NS2/c7-4-3-5-6(4)1-2-8-5/h5H,1-3H2/t5-/m0/s1. The van der Waals surface area contributed by atoms with Crippen molar-refractivity contribution in [2.24, 2.45) is 0 Å². The molecule has 0 aliphatic carbocycles. The zero-order valence-corrected chi connectivity index (χ0v) is 6.10. The summed E-state index contributed by atoms with van der Waals surface area (Å²) >= 11 is 7.07. The largest absolute Gasteiger partial charge is 0.353 e. The summed E-state index contributed by atoms with van der Waals surface area (Å²) in [5, 5.41) is 0.780. The molecule has 2 aliphatic rings. The number of hydrogen-bond acceptors (Lipinski definition) is 2. The Morgan fingerprint density at radius 1 is 1.75 bits per heavy atom. The van der Waals surface area contributed by atoms with Crippen molar-refractivity contribution < 1.29 is 0 Å². The van der Waals surface area contributed by atoms with Crippen LogP contribution in [0.4, 0.5) is 0 Å². The first kappa shape index (κ1) is 5.06. The van der Waals surface area contributed by atoms with Gasteiger partial charge in [0.15, 0.2) is 0 Å². The van der Waals surface area contributed by atoms with Gasteiger partial charge in [-0.15, -0.1) is 11.8 Å². The van der Waals surface area contributed by atoms with Crippen molar-refractivity contribution in [3.05, 3.63) is 0 Å². The number of fused-ring (bicyclic) bond motifs is 1. The van der Waals surface area contributed by atoms with Crippen LogP contribution in [0.1, 0.15) is 6.42 Å². The van der Waals surface area contributed by atoms with Gasteiger partial charge < -0.3 is 4.90 Å². The maximum absolute atomic E-state index is 5.03. The topological polar surface area (TPSA) is 3.24 Å². The van der Waals surface area contributed by atoms with Crippen LogP contribution in [0, 0.1) is 0 Å². The minimum atomic E-state index is 0.780. The summed E-state index contributed by atoms with van der Waals surface area (Å²) in [7, 11) is 0. The fourth-order valence-electron chi connectivity index (χ4n) is 1.13. The Labute approximate surface area is 58.4 Å². The van der Waals surface area contributed by atoms with E-state index < -0.39 is 0 Å². The Morgan fingerprint density at radius 2 is 2.62 bits per heavy atom. The van der Waals surface area contributed by atoms with Gasteiger partial charge in [-0.05, 0) is 0 Å². The Bertz CT molecular complexity index is 134. The molecule has 0 N–H and O–H groups in total. The molecule has 3 heteroatoms. The average Bonchev–Trinajstić information content (AvgIpc) is 2.09. The van der Waals surface area contributed by atoms with Crippen molar-refractivity contribution >= 4 is 29.0 Å². The highest BCUT2D eigenvalue weighted by molar-refractivity contribution is 8.00. The second-order valence-corrected chi connectivity index (χ2v) is 3.87.